The molecule has 4 nitrogen and oxygen atoms in total. The Kier molecular flexibility index (Phi) is 6.91. The number of carbonyl (C=O) groups is 2. The van der Waals surface area contributed by atoms with Gasteiger partial charge in [-0.05, 0) is 13.8 Å². The Hall–Kier alpha value is -2.20. The van der Waals surface area contributed by atoms with Gasteiger partial charge in [0.2, 0.25) is 11.8 Å². The van der Waals surface area contributed by atoms with E-state index in [-0.39, 0.29) is 30.2 Å². The quantitative estimate of drug-likeness (QED) is 0.436. The van der Waals surface area contributed by atoms with Gasteiger partial charge < -0.3 is 17.1 Å². The maximum atomic E-state index is 12.5. The molecule has 23 heavy (non-hydrogen) atoms. The molecule has 2 rings (SSSR count). The van der Waals surface area contributed by atoms with Crippen LogP contribution >= 0.6 is 0 Å². The molecule has 1 aromatic heterocycles. The van der Waals surface area contributed by atoms with Crippen LogP contribution in [0.1, 0.15) is 46.2 Å². The van der Waals surface area contributed by atoms with Crippen molar-refractivity contribution in [2.24, 2.45) is 0 Å². The van der Waals surface area contributed by atoms with E-state index in [1.807, 2.05) is 38.1 Å². The van der Waals surface area contributed by atoms with E-state index in [0.717, 1.165) is 5.56 Å². The third kappa shape index (κ3) is 4.63. The van der Waals surface area contributed by atoms with Crippen LogP contribution in [-0.2, 0) is 4.74 Å². The molecule has 0 fully saturated rings. The number of Topliss-reactive ketones (excluding diaryl/α,β-unsaturated/α-hetero) is 1. The zero-order chi connectivity index (χ0) is 16.1. The first-order valence-electron chi connectivity index (χ1n) is 7.31. The van der Waals surface area contributed by atoms with Crippen LogP contribution in [0, 0.1) is 6.92 Å². The van der Waals surface area contributed by atoms with Gasteiger partial charge in [0.15, 0.2) is 12.4 Å². The Balaban J connectivity index is 0.00000264. The zero-order valence-electron chi connectivity index (χ0n) is 13.5. The molecule has 0 radical (unpaired) electrons. The SMILES string of the molecule is CCOC(=O)c1cc[n+](C(C)C(=O)c2ccc(C)cc2)cc1.[Cl-]. The first-order valence-corrected chi connectivity index (χ1v) is 7.31. The molecule has 5 heteroatoms. The van der Waals surface area contributed by atoms with Gasteiger partial charge in [-0.1, -0.05) is 29.8 Å². The summed E-state index contributed by atoms with van der Waals surface area (Å²) in [4.78, 5) is 24.1. The summed E-state index contributed by atoms with van der Waals surface area (Å²) in [5.74, 6) is -0.318. The Bertz CT molecular complexity index is 666. The molecule has 1 unspecified atom stereocenters. The standard InChI is InChI=1S/C18H20NO3.ClH/c1-4-22-18(21)16-9-11-19(12-10-16)14(3)17(20)15-7-5-13(2)6-8-15;/h5-12,14H,4H2,1-3H3;1H/q+1;/p-1. The van der Waals surface area contributed by atoms with Crippen molar-refractivity contribution < 1.29 is 31.3 Å². The molecule has 0 amide bonds. The van der Waals surface area contributed by atoms with Gasteiger partial charge in [-0.15, -0.1) is 0 Å². The van der Waals surface area contributed by atoms with Gasteiger partial charge in [0, 0.05) is 24.6 Å². The highest BCUT2D eigenvalue weighted by atomic mass is 35.5. The summed E-state index contributed by atoms with van der Waals surface area (Å²) in [6, 6.07) is 10.5. The molecule has 0 saturated heterocycles. The van der Waals surface area contributed by atoms with Crippen molar-refractivity contribution in [1.29, 1.82) is 0 Å². The van der Waals surface area contributed by atoms with Gasteiger partial charge in [0.1, 0.15) is 0 Å². The van der Waals surface area contributed by atoms with Crippen molar-refractivity contribution in [1.82, 2.24) is 0 Å². The summed E-state index contributed by atoms with van der Waals surface area (Å²) >= 11 is 0. The second kappa shape index (κ2) is 8.44. The smallest absolute Gasteiger partial charge is 0.338 e. The molecular formula is C18H20ClNO3. The summed E-state index contributed by atoms with van der Waals surface area (Å²) in [6.45, 7) is 5.94. The van der Waals surface area contributed by atoms with Crippen molar-refractivity contribution >= 4 is 11.8 Å². The number of hydrogen-bond donors (Lipinski definition) is 0. The highest BCUT2D eigenvalue weighted by Crippen LogP contribution is 2.10. The Labute approximate surface area is 142 Å². The van der Waals surface area contributed by atoms with Crippen LogP contribution in [0.4, 0.5) is 0 Å². The van der Waals surface area contributed by atoms with Crippen LogP contribution in [0.15, 0.2) is 48.8 Å². The van der Waals surface area contributed by atoms with Crippen molar-refractivity contribution in [2.75, 3.05) is 6.61 Å². The average Bonchev–Trinajstić information content (AvgIpc) is 2.54. The number of hydrogen-bond acceptors (Lipinski definition) is 3. The fraction of sp³-hybridized carbons (Fsp3) is 0.278. The van der Waals surface area contributed by atoms with E-state index < -0.39 is 0 Å². The second-order valence-electron chi connectivity index (χ2n) is 5.16. The van der Waals surface area contributed by atoms with Gasteiger partial charge in [-0.2, -0.15) is 4.57 Å². The minimum Gasteiger partial charge on any atom is -1.00 e. The van der Waals surface area contributed by atoms with Gasteiger partial charge in [0.05, 0.1) is 12.2 Å². The molecule has 0 aliphatic carbocycles. The summed E-state index contributed by atoms with van der Waals surface area (Å²) in [7, 11) is 0. The lowest BCUT2D eigenvalue weighted by atomic mass is 10.0. The minimum atomic E-state index is -0.354. The molecule has 1 aromatic carbocycles. The predicted octanol–water partition coefficient (Wildman–Crippen LogP) is -0.0929. The second-order valence-corrected chi connectivity index (χ2v) is 5.16. The molecule has 1 heterocycles. The van der Waals surface area contributed by atoms with Crippen LogP contribution in [0.25, 0.3) is 0 Å². The number of aryl methyl sites for hydroxylation is 1. The van der Waals surface area contributed by atoms with Crippen LogP contribution in [-0.4, -0.2) is 18.4 Å². The molecule has 0 bridgehead atoms. The summed E-state index contributed by atoms with van der Waals surface area (Å²) in [5.41, 5.74) is 2.28. The first kappa shape index (κ1) is 18.8. The third-order valence-corrected chi connectivity index (χ3v) is 3.53. The lowest BCUT2D eigenvalue weighted by Gasteiger charge is -2.07. The molecule has 0 N–H and O–H groups in total. The zero-order valence-corrected chi connectivity index (χ0v) is 14.2. The van der Waals surface area contributed by atoms with E-state index in [9.17, 15) is 9.59 Å². The van der Waals surface area contributed by atoms with Crippen LogP contribution < -0.4 is 17.0 Å². The fourth-order valence-electron chi connectivity index (χ4n) is 2.14. The molecule has 0 aliphatic heterocycles. The summed E-state index contributed by atoms with van der Waals surface area (Å²) in [6.07, 6.45) is 3.45. The maximum Gasteiger partial charge on any atom is 0.338 e. The highest BCUT2D eigenvalue weighted by Gasteiger charge is 2.23. The van der Waals surface area contributed by atoms with Crippen LogP contribution in [0.3, 0.4) is 0 Å². The number of aromatic nitrogens is 1. The lowest BCUT2D eigenvalue weighted by molar-refractivity contribution is -0.704. The normalized spacial score (nSPS) is 11.3. The monoisotopic (exact) mass is 333 g/mol. The average molecular weight is 334 g/mol. The number of esters is 1. The number of carbonyl (C=O) groups excluding carboxylic acids is 2. The van der Waals surface area contributed by atoms with E-state index >= 15 is 0 Å². The van der Waals surface area contributed by atoms with Gasteiger partial charge in [-0.25, -0.2) is 4.79 Å². The highest BCUT2D eigenvalue weighted by molar-refractivity contribution is 5.97. The van der Waals surface area contributed by atoms with Crippen molar-refractivity contribution in [3.63, 3.8) is 0 Å². The number of nitrogens with zero attached hydrogens (tertiary/aromatic N) is 1. The molecule has 0 aliphatic rings. The fourth-order valence-corrected chi connectivity index (χ4v) is 2.14. The Morgan fingerprint density at radius 2 is 1.61 bits per heavy atom. The van der Waals surface area contributed by atoms with E-state index in [0.29, 0.717) is 17.7 Å². The topological polar surface area (TPSA) is 47.2 Å². The van der Waals surface area contributed by atoms with Crippen molar-refractivity contribution in [3.8, 4) is 0 Å². The Morgan fingerprint density at radius 3 is 2.13 bits per heavy atom. The molecule has 122 valence electrons. The number of halogens is 1. The van der Waals surface area contributed by atoms with E-state index in [2.05, 4.69) is 0 Å². The molecule has 0 saturated carbocycles. The number of ether oxygens (including phenoxy) is 1. The maximum absolute atomic E-state index is 12.5. The number of ketones is 1. The van der Waals surface area contributed by atoms with Crippen LogP contribution in [0.2, 0.25) is 0 Å². The minimum absolute atomic E-state index is 0. The van der Waals surface area contributed by atoms with Crippen LogP contribution in [0.5, 0.6) is 0 Å². The van der Waals surface area contributed by atoms with E-state index in [1.54, 1.807) is 36.0 Å². The number of rotatable bonds is 5. The lowest BCUT2D eigenvalue weighted by Crippen LogP contribution is -3.00. The van der Waals surface area contributed by atoms with Gasteiger partial charge in [0.25, 0.3) is 0 Å². The first-order chi connectivity index (χ1) is 10.5. The molecular weight excluding hydrogens is 314 g/mol. The van der Waals surface area contributed by atoms with Gasteiger partial charge in [-0.3, -0.25) is 4.79 Å². The third-order valence-electron chi connectivity index (χ3n) is 3.53. The number of pyridine rings is 1. The van der Waals surface area contributed by atoms with Gasteiger partial charge >= 0.3 is 5.97 Å². The Morgan fingerprint density at radius 1 is 1.04 bits per heavy atom. The molecule has 2 aromatic rings. The van der Waals surface area contributed by atoms with E-state index in [1.165, 1.54) is 0 Å². The molecule has 1 atom stereocenters. The summed E-state index contributed by atoms with van der Waals surface area (Å²) in [5, 5.41) is 0. The summed E-state index contributed by atoms with van der Waals surface area (Å²) < 4.78 is 6.72. The predicted molar refractivity (Wildman–Crippen MR) is 82.8 cm³/mol. The van der Waals surface area contributed by atoms with Crippen molar-refractivity contribution in [3.05, 3.63) is 65.5 Å². The largest absolute Gasteiger partial charge is 1.00 e. The van der Waals surface area contributed by atoms with E-state index in [4.69, 9.17) is 4.74 Å². The number of benzene rings is 1. The van der Waals surface area contributed by atoms with Crippen molar-refractivity contribution in [2.45, 2.75) is 26.8 Å². The molecule has 0 spiro atoms.